The third-order valence-corrected chi connectivity index (χ3v) is 3.27. The Bertz CT molecular complexity index is 468. The van der Waals surface area contributed by atoms with E-state index in [1.165, 1.54) is 14.0 Å². The fourth-order valence-electron chi connectivity index (χ4n) is 1.98. The standard InChI is InChI=1S/C12H12F2O3/c1-11(12(2,17-11)10(15)16-3)7-4-8(13)6-9(14)5-7/h4-6H,1-3H3. The molecule has 1 aromatic carbocycles. The molecule has 0 saturated carbocycles. The average molecular weight is 242 g/mol. The number of carbonyl (C=O) groups excluding carboxylic acids is 1. The highest BCUT2D eigenvalue weighted by molar-refractivity contribution is 5.84. The van der Waals surface area contributed by atoms with Crippen LogP contribution in [0.25, 0.3) is 0 Å². The van der Waals surface area contributed by atoms with E-state index in [2.05, 4.69) is 4.74 Å². The molecule has 0 N–H and O–H groups in total. The zero-order chi connectivity index (χ0) is 12.8. The number of epoxide rings is 1. The van der Waals surface area contributed by atoms with E-state index >= 15 is 0 Å². The van der Waals surface area contributed by atoms with Crippen LogP contribution in [0.2, 0.25) is 0 Å². The summed E-state index contributed by atoms with van der Waals surface area (Å²) in [7, 11) is 1.24. The summed E-state index contributed by atoms with van der Waals surface area (Å²) in [6.45, 7) is 3.12. The van der Waals surface area contributed by atoms with Gasteiger partial charge in [-0.15, -0.1) is 0 Å². The van der Waals surface area contributed by atoms with Gasteiger partial charge in [-0.3, -0.25) is 0 Å². The van der Waals surface area contributed by atoms with Gasteiger partial charge in [0.25, 0.3) is 0 Å². The average Bonchev–Trinajstić information content (AvgIpc) is 2.82. The van der Waals surface area contributed by atoms with Crippen LogP contribution in [0.15, 0.2) is 18.2 Å². The summed E-state index contributed by atoms with van der Waals surface area (Å²) in [4.78, 5) is 11.5. The molecule has 1 saturated heterocycles. The van der Waals surface area contributed by atoms with Gasteiger partial charge in [0.1, 0.15) is 17.2 Å². The van der Waals surface area contributed by atoms with Gasteiger partial charge in [0.05, 0.1) is 7.11 Å². The summed E-state index contributed by atoms with van der Waals surface area (Å²) < 4.78 is 36.2. The molecule has 1 aromatic rings. The van der Waals surface area contributed by atoms with Crippen molar-refractivity contribution in [1.29, 1.82) is 0 Å². The summed E-state index contributed by atoms with van der Waals surface area (Å²) in [6.07, 6.45) is 0. The van der Waals surface area contributed by atoms with Crippen molar-refractivity contribution in [3.63, 3.8) is 0 Å². The number of benzene rings is 1. The molecule has 1 aliphatic rings. The van der Waals surface area contributed by atoms with Gasteiger partial charge in [0.2, 0.25) is 0 Å². The number of hydrogen-bond acceptors (Lipinski definition) is 3. The lowest BCUT2D eigenvalue weighted by molar-refractivity contribution is -0.146. The monoisotopic (exact) mass is 242 g/mol. The van der Waals surface area contributed by atoms with Crippen LogP contribution < -0.4 is 0 Å². The first-order valence-electron chi connectivity index (χ1n) is 5.08. The molecule has 2 atom stereocenters. The summed E-state index contributed by atoms with van der Waals surface area (Å²) >= 11 is 0. The quantitative estimate of drug-likeness (QED) is 0.589. The highest BCUT2D eigenvalue weighted by Crippen LogP contribution is 2.56. The van der Waals surface area contributed by atoms with E-state index < -0.39 is 28.8 Å². The highest BCUT2D eigenvalue weighted by Gasteiger charge is 2.70. The van der Waals surface area contributed by atoms with E-state index in [0.717, 1.165) is 18.2 Å². The Balaban J connectivity index is 2.39. The van der Waals surface area contributed by atoms with Crippen LogP contribution >= 0.6 is 0 Å². The molecule has 1 heterocycles. The van der Waals surface area contributed by atoms with Gasteiger partial charge >= 0.3 is 5.97 Å². The van der Waals surface area contributed by atoms with Crippen molar-refractivity contribution in [2.75, 3.05) is 7.11 Å². The first-order valence-corrected chi connectivity index (χ1v) is 5.08. The number of ether oxygens (including phenoxy) is 2. The van der Waals surface area contributed by atoms with E-state index in [9.17, 15) is 13.6 Å². The largest absolute Gasteiger partial charge is 0.467 e. The molecule has 0 spiro atoms. The summed E-state index contributed by atoms with van der Waals surface area (Å²) in [6, 6.07) is 3.07. The van der Waals surface area contributed by atoms with E-state index in [1.54, 1.807) is 6.92 Å². The zero-order valence-electron chi connectivity index (χ0n) is 9.71. The summed E-state index contributed by atoms with van der Waals surface area (Å²) in [5, 5.41) is 0. The van der Waals surface area contributed by atoms with Gasteiger partial charge in [-0.2, -0.15) is 0 Å². The second kappa shape index (κ2) is 3.50. The van der Waals surface area contributed by atoms with Gasteiger partial charge in [-0.25, -0.2) is 13.6 Å². The molecule has 1 fully saturated rings. The molecule has 0 aliphatic carbocycles. The number of halogens is 2. The second-order valence-corrected chi connectivity index (χ2v) is 4.32. The Morgan fingerprint density at radius 3 is 2.24 bits per heavy atom. The molecule has 3 nitrogen and oxygen atoms in total. The number of rotatable bonds is 2. The third kappa shape index (κ3) is 1.61. The van der Waals surface area contributed by atoms with Crippen LogP contribution in [-0.4, -0.2) is 18.7 Å². The van der Waals surface area contributed by atoms with E-state index in [0.29, 0.717) is 0 Å². The van der Waals surface area contributed by atoms with E-state index in [-0.39, 0.29) is 5.56 Å². The van der Waals surface area contributed by atoms with Crippen molar-refractivity contribution >= 4 is 5.97 Å². The topological polar surface area (TPSA) is 38.8 Å². The molecule has 1 aliphatic heterocycles. The molecule has 92 valence electrons. The van der Waals surface area contributed by atoms with Gasteiger partial charge in [0, 0.05) is 6.07 Å². The Morgan fingerprint density at radius 1 is 1.24 bits per heavy atom. The molecule has 0 aromatic heterocycles. The molecule has 5 heteroatoms. The van der Waals surface area contributed by atoms with E-state index in [4.69, 9.17) is 4.74 Å². The Hall–Kier alpha value is -1.49. The first kappa shape index (κ1) is 12.0. The van der Waals surface area contributed by atoms with E-state index in [1.807, 2.05) is 0 Å². The Labute approximate surface area is 97.3 Å². The maximum Gasteiger partial charge on any atom is 0.341 e. The minimum absolute atomic E-state index is 0.280. The number of methoxy groups -OCH3 is 1. The molecule has 0 radical (unpaired) electrons. The zero-order valence-corrected chi connectivity index (χ0v) is 9.71. The summed E-state index contributed by atoms with van der Waals surface area (Å²) in [5.74, 6) is -1.97. The van der Waals surface area contributed by atoms with Crippen molar-refractivity contribution in [2.24, 2.45) is 0 Å². The lowest BCUT2D eigenvalue weighted by Gasteiger charge is -2.11. The van der Waals surface area contributed by atoms with Crippen LogP contribution in [0, 0.1) is 11.6 Å². The lowest BCUT2D eigenvalue weighted by atomic mass is 9.89. The first-order chi connectivity index (χ1) is 7.83. The van der Waals surface area contributed by atoms with Crippen molar-refractivity contribution in [3.05, 3.63) is 35.4 Å². The van der Waals surface area contributed by atoms with Crippen molar-refractivity contribution < 1.29 is 23.0 Å². The fourth-order valence-corrected chi connectivity index (χ4v) is 1.98. The Kier molecular flexibility index (Phi) is 2.47. The van der Waals surface area contributed by atoms with Gasteiger partial charge in [0.15, 0.2) is 5.60 Å². The van der Waals surface area contributed by atoms with Crippen LogP contribution in [0.5, 0.6) is 0 Å². The minimum Gasteiger partial charge on any atom is -0.467 e. The second-order valence-electron chi connectivity index (χ2n) is 4.32. The van der Waals surface area contributed by atoms with Crippen molar-refractivity contribution in [2.45, 2.75) is 25.0 Å². The Morgan fingerprint density at radius 2 is 1.76 bits per heavy atom. The van der Waals surface area contributed by atoms with Gasteiger partial charge in [-0.1, -0.05) is 0 Å². The molecule has 0 amide bonds. The molecule has 17 heavy (non-hydrogen) atoms. The van der Waals surface area contributed by atoms with Gasteiger partial charge < -0.3 is 9.47 Å². The van der Waals surface area contributed by atoms with Crippen LogP contribution in [-0.2, 0) is 19.9 Å². The molecule has 0 bridgehead atoms. The maximum absolute atomic E-state index is 13.1. The number of carbonyl (C=O) groups is 1. The van der Waals surface area contributed by atoms with Crippen LogP contribution in [0.4, 0.5) is 8.78 Å². The predicted octanol–water partition coefficient (Wildman–Crippen LogP) is 2.14. The molecular formula is C12H12F2O3. The normalized spacial score (nSPS) is 31.1. The molecule has 2 rings (SSSR count). The minimum atomic E-state index is -1.19. The SMILES string of the molecule is COC(=O)C1(C)OC1(C)c1cc(F)cc(F)c1. The van der Waals surface area contributed by atoms with Crippen molar-refractivity contribution in [3.8, 4) is 0 Å². The number of esters is 1. The smallest absolute Gasteiger partial charge is 0.341 e. The van der Waals surface area contributed by atoms with Gasteiger partial charge in [-0.05, 0) is 31.5 Å². The molecular weight excluding hydrogens is 230 g/mol. The maximum atomic E-state index is 13.1. The third-order valence-electron chi connectivity index (χ3n) is 3.27. The fraction of sp³-hybridized carbons (Fsp3) is 0.417. The lowest BCUT2D eigenvalue weighted by Crippen LogP contribution is -2.29. The summed E-state index contributed by atoms with van der Waals surface area (Å²) in [5.41, 5.74) is -1.96. The number of hydrogen-bond donors (Lipinski definition) is 0. The van der Waals surface area contributed by atoms with Crippen LogP contribution in [0.3, 0.4) is 0 Å². The highest BCUT2D eigenvalue weighted by atomic mass is 19.1. The molecule has 2 unspecified atom stereocenters. The van der Waals surface area contributed by atoms with Crippen molar-refractivity contribution in [1.82, 2.24) is 0 Å². The van der Waals surface area contributed by atoms with Crippen LogP contribution in [0.1, 0.15) is 19.4 Å². The predicted molar refractivity (Wildman–Crippen MR) is 55.2 cm³/mol.